The first-order valence-corrected chi connectivity index (χ1v) is 8.74. The Balaban J connectivity index is 1.76. The Bertz CT molecular complexity index is 556. The topological polar surface area (TPSA) is 65.5 Å². The number of halogens is 1. The summed E-state index contributed by atoms with van der Waals surface area (Å²) in [6.07, 6.45) is 4.99. The van der Waals surface area contributed by atoms with Gasteiger partial charge in [-0.05, 0) is 25.8 Å². The van der Waals surface area contributed by atoms with Crippen LogP contribution in [0.15, 0.2) is 29.3 Å². The van der Waals surface area contributed by atoms with E-state index in [0.717, 1.165) is 12.8 Å². The molecule has 3 N–H and O–H groups in total. The Hall–Kier alpha value is -2.11. The zero-order chi connectivity index (χ0) is 17.2. The number of amides is 1. The van der Waals surface area contributed by atoms with Crippen LogP contribution in [0.3, 0.4) is 0 Å². The molecule has 1 amide bonds. The van der Waals surface area contributed by atoms with Gasteiger partial charge in [-0.3, -0.25) is 4.79 Å². The van der Waals surface area contributed by atoms with Gasteiger partial charge >= 0.3 is 0 Å². The Labute approximate surface area is 143 Å². The third-order valence-corrected chi connectivity index (χ3v) is 4.07. The number of carbonyl (C=O) groups excluding carboxylic acids is 1. The van der Waals surface area contributed by atoms with E-state index in [9.17, 15) is 9.18 Å². The zero-order valence-electron chi connectivity index (χ0n) is 14.3. The van der Waals surface area contributed by atoms with E-state index in [1.54, 1.807) is 18.2 Å². The molecule has 0 aromatic heterocycles. The summed E-state index contributed by atoms with van der Waals surface area (Å²) in [5, 5.41) is 9.29. The van der Waals surface area contributed by atoms with Crippen LogP contribution in [0.4, 0.5) is 4.39 Å². The van der Waals surface area contributed by atoms with Crippen LogP contribution in [0.5, 0.6) is 0 Å². The summed E-state index contributed by atoms with van der Waals surface area (Å²) in [6.45, 7) is 3.43. The van der Waals surface area contributed by atoms with Gasteiger partial charge in [0.05, 0.1) is 6.54 Å². The summed E-state index contributed by atoms with van der Waals surface area (Å²) in [6, 6.07) is 6.95. The minimum atomic E-state index is -0.256. The van der Waals surface area contributed by atoms with E-state index in [-0.39, 0.29) is 18.3 Å². The van der Waals surface area contributed by atoms with Gasteiger partial charge in [-0.15, -0.1) is 0 Å². The quantitative estimate of drug-likeness (QED) is 0.530. The normalized spacial score (nSPS) is 15.3. The number of hydrogen-bond acceptors (Lipinski definition) is 2. The van der Waals surface area contributed by atoms with Gasteiger partial charge in [-0.1, -0.05) is 31.0 Å². The lowest BCUT2D eigenvalue weighted by atomic mass is 10.2. The summed E-state index contributed by atoms with van der Waals surface area (Å²) < 4.78 is 13.6. The average molecular weight is 334 g/mol. The first-order valence-electron chi connectivity index (χ1n) is 8.74. The molecule has 1 aliphatic carbocycles. The van der Waals surface area contributed by atoms with Gasteiger partial charge in [0, 0.05) is 31.1 Å². The number of hydrogen-bond donors (Lipinski definition) is 3. The Morgan fingerprint density at radius 3 is 2.71 bits per heavy atom. The monoisotopic (exact) mass is 334 g/mol. The number of carbonyl (C=O) groups is 1. The van der Waals surface area contributed by atoms with Crippen LogP contribution in [0.25, 0.3) is 0 Å². The maximum Gasteiger partial charge on any atom is 0.221 e. The Morgan fingerprint density at radius 2 is 2.00 bits per heavy atom. The third kappa shape index (κ3) is 6.18. The molecule has 0 atom stereocenters. The molecule has 0 bridgehead atoms. The molecule has 0 spiro atoms. The lowest BCUT2D eigenvalue weighted by molar-refractivity contribution is -0.121. The lowest BCUT2D eigenvalue weighted by Crippen LogP contribution is -2.40. The molecule has 0 aliphatic heterocycles. The lowest BCUT2D eigenvalue weighted by Gasteiger charge is -2.14. The van der Waals surface area contributed by atoms with Crippen molar-refractivity contribution >= 4 is 11.9 Å². The summed E-state index contributed by atoms with van der Waals surface area (Å²) in [4.78, 5) is 16.3. The van der Waals surface area contributed by atoms with Gasteiger partial charge in [0.1, 0.15) is 5.82 Å². The molecule has 5 nitrogen and oxygen atoms in total. The van der Waals surface area contributed by atoms with E-state index in [2.05, 4.69) is 20.9 Å². The number of nitrogens with one attached hydrogen (secondary N) is 3. The van der Waals surface area contributed by atoms with Crippen LogP contribution < -0.4 is 16.0 Å². The van der Waals surface area contributed by atoms with Crippen molar-refractivity contribution in [2.45, 2.75) is 51.6 Å². The SMILES string of the molecule is CCNC(=NCc1ccccc1F)NCCC(=O)NC1CCCC1. The average Bonchev–Trinajstić information content (AvgIpc) is 3.06. The van der Waals surface area contributed by atoms with Gasteiger partial charge in [0.25, 0.3) is 0 Å². The smallest absolute Gasteiger partial charge is 0.221 e. The molecule has 0 radical (unpaired) electrons. The van der Waals surface area contributed by atoms with Crippen LogP contribution in [0.1, 0.15) is 44.6 Å². The van der Waals surface area contributed by atoms with Crippen molar-refractivity contribution < 1.29 is 9.18 Å². The van der Waals surface area contributed by atoms with Gasteiger partial charge in [-0.25, -0.2) is 9.38 Å². The van der Waals surface area contributed by atoms with E-state index in [4.69, 9.17) is 0 Å². The minimum absolute atomic E-state index is 0.0688. The minimum Gasteiger partial charge on any atom is -0.357 e. The molecule has 24 heavy (non-hydrogen) atoms. The first kappa shape index (κ1) is 18.2. The van der Waals surface area contributed by atoms with Crippen LogP contribution in [-0.4, -0.2) is 31.0 Å². The van der Waals surface area contributed by atoms with Crippen molar-refractivity contribution in [3.05, 3.63) is 35.6 Å². The van der Waals surface area contributed by atoms with E-state index in [0.29, 0.717) is 37.1 Å². The Kier molecular flexibility index (Phi) is 7.52. The van der Waals surface area contributed by atoms with Crippen molar-refractivity contribution in [3.8, 4) is 0 Å². The number of nitrogens with zero attached hydrogens (tertiary/aromatic N) is 1. The van der Waals surface area contributed by atoms with Crippen molar-refractivity contribution in [1.29, 1.82) is 0 Å². The molecule has 1 saturated carbocycles. The highest BCUT2D eigenvalue weighted by atomic mass is 19.1. The molecule has 132 valence electrons. The Morgan fingerprint density at radius 1 is 1.25 bits per heavy atom. The number of benzene rings is 1. The molecule has 1 aromatic rings. The molecule has 1 aromatic carbocycles. The molecular weight excluding hydrogens is 307 g/mol. The number of guanidine groups is 1. The standard InChI is InChI=1S/C18H27FN4O/c1-2-20-18(22-13-14-7-3-6-10-16(14)19)21-12-11-17(24)23-15-8-4-5-9-15/h3,6-7,10,15H,2,4-5,8-9,11-13H2,1H3,(H,23,24)(H2,20,21,22). The van der Waals surface area contributed by atoms with E-state index >= 15 is 0 Å². The predicted molar refractivity (Wildman–Crippen MR) is 94.2 cm³/mol. The van der Waals surface area contributed by atoms with Crippen molar-refractivity contribution in [3.63, 3.8) is 0 Å². The predicted octanol–water partition coefficient (Wildman–Crippen LogP) is 2.33. The summed E-state index contributed by atoms with van der Waals surface area (Å²) >= 11 is 0. The highest BCUT2D eigenvalue weighted by Crippen LogP contribution is 2.17. The van der Waals surface area contributed by atoms with Crippen molar-refractivity contribution in [1.82, 2.24) is 16.0 Å². The maximum absolute atomic E-state index is 13.6. The summed E-state index contributed by atoms with van der Waals surface area (Å²) in [5.74, 6) is 0.404. The fourth-order valence-corrected chi connectivity index (χ4v) is 2.80. The molecule has 1 aliphatic rings. The van der Waals surface area contributed by atoms with Crippen LogP contribution in [0, 0.1) is 5.82 Å². The third-order valence-electron chi connectivity index (χ3n) is 4.07. The highest BCUT2D eigenvalue weighted by Gasteiger charge is 2.16. The largest absolute Gasteiger partial charge is 0.357 e. The molecule has 0 heterocycles. The second kappa shape index (κ2) is 9.90. The first-order chi connectivity index (χ1) is 11.7. The molecule has 0 saturated heterocycles. The van der Waals surface area contributed by atoms with Gasteiger partial charge in [-0.2, -0.15) is 0 Å². The highest BCUT2D eigenvalue weighted by molar-refractivity contribution is 5.81. The molecular formula is C18H27FN4O. The van der Waals surface area contributed by atoms with Gasteiger partial charge in [0.15, 0.2) is 5.96 Å². The van der Waals surface area contributed by atoms with Gasteiger partial charge in [0.2, 0.25) is 5.91 Å². The number of rotatable bonds is 7. The van der Waals surface area contributed by atoms with Crippen LogP contribution >= 0.6 is 0 Å². The fourth-order valence-electron chi connectivity index (χ4n) is 2.80. The fraction of sp³-hybridized carbons (Fsp3) is 0.556. The van der Waals surface area contributed by atoms with E-state index in [1.807, 2.05) is 6.92 Å². The van der Waals surface area contributed by atoms with Crippen LogP contribution in [-0.2, 0) is 11.3 Å². The van der Waals surface area contributed by atoms with E-state index in [1.165, 1.54) is 18.9 Å². The number of aliphatic imine (C=N–C) groups is 1. The summed E-state index contributed by atoms with van der Waals surface area (Å²) in [5.41, 5.74) is 0.550. The molecule has 1 fully saturated rings. The zero-order valence-corrected chi connectivity index (χ0v) is 14.3. The van der Waals surface area contributed by atoms with Crippen LogP contribution in [0.2, 0.25) is 0 Å². The second-order valence-electron chi connectivity index (χ2n) is 6.01. The van der Waals surface area contributed by atoms with Crippen molar-refractivity contribution in [2.24, 2.45) is 4.99 Å². The molecule has 0 unspecified atom stereocenters. The van der Waals surface area contributed by atoms with E-state index < -0.39 is 0 Å². The van der Waals surface area contributed by atoms with Gasteiger partial charge < -0.3 is 16.0 Å². The van der Waals surface area contributed by atoms with Crippen molar-refractivity contribution in [2.75, 3.05) is 13.1 Å². The second-order valence-corrected chi connectivity index (χ2v) is 6.01. The molecule has 6 heteroatoms. The summed E-state index contributed by atoms with van der Waals surface area (Å²) in [7, 11) is 0. The molecule has 2 rings (SSSR count). The maximum atomic E-state index is 13.6.